The van der Waals surface area contributed by atoms with Gasteiger partial charge in [0.2, 0.25) is 0 Å². The molecule has 1 heterocycles. The number of carbonyl (C=O) groups excluding carboxylic acids is 1. The van der Waals surface area contributed by atoms with Gasteiger partial charge in [0.15, 0.2) is 6.61 Å². The van der Waals surface area contributed by atoms with E-state index < -0.39 is 0 Å². The molecule has 98 valence electrons. The Morgan fingerprint density at radius 2 is 2.00 bits per heavy atom. The molecule has 0 saturated carbocycles. The molecule has 1 aromatic carbocycles. The van der Waals surface area contributed by atoms with E-state index in [0.717, 1.165) is 8.04 Å². The molecular formula is C13H10BrIN2O2. The van der Waals surface area contributed by atoms with Gasteiger partial charge in [-0.1, -0.05) is 0 Å². The Hall–Kier alpha value is -1.15. The lowest BCUT2D eigenvalue weighted by molar-refractivity contribution is -0.118. The van der Waals surface area contributed by atoms with Crippen LogP contribution in [0.4, 0.5) is 5.82 Å². The smallest absolute Gasteiger partial charge is 0.263 e. The summed E-state index contributed by atoms with van der Waals surface area (Å²) in [4.78, 5) is 15.7. The lowest BCUT2D eigenvalue weighted by Crippen LogP contribution is -2.20. The summed E-state index contributed by atoms with van der Waals surface area (Å²) in [7, 11) is 0. The maximum absolute atomic E-state index is 11.6. The van der Waals surface area contributed by atoms with Gasteiger partial charge in [0.25, 0.3) is 5.91 Å². The first-order valence-electron chi connectivity index (χ1n) is 5.43. The molecule has 1 N–H and O–H groups in total. The summed E-state index contributed by atoms with van der Waals surface area (Å²) in [6, 6.07) is 11.0. The number of ether oxygens (including phenoxy) is 1. The highest BCUT2D eigenvalue weighted by Gasteiger charge is 2.04. The van der Waals surface area contributed by atoms with Crippen LogP contribution in [0.1, 0.15) is 0 Å². The molecule has 0 aliphatic carbocycles. The van der Waals surface area contributed by atoms with Crippen molar-refractivity contribution in [3.8, 4) is 5.75 Å². The van der Waals surface area contributed by atoms with Crippen molar-refractivity contribution in [2.24, 2.45) is 0 Å². The standard InChI is InChI=1S/C13H10BrIN2O2/c14-9-1-6-12(16-7-9)17-13(18)8-19-11-4-2-10(15)3-5-11/h1-7H,8H2,(H,16,17,18). The van der Waals surface area contributed by atoms with Crippen molar-refractivity contribution in [1.82, 2.24) is 4.98 Å². The van der Waals surface area contributed by atoms with Gasteiger partial charge in [0.1, 0.15) is 11.6 Å². The third-order valence-electron chi connectivity index (χ3n) is 2.18. The fourth-order valence-electron chi connectivity index (χ4n) is 1.31. The number of amides is 1. The van der Waals surface area contributed by atoms with Crippen LogP contribution in [0.15, 0.2) is 47.1 Å². The van der Waals surface area contributed by atoms with E-state index in [9.17, 15) is 4.79 Å². The largest absolute Gasteiger partial charge is 0.484 e. The van der Waals surface area contributed by atoms with Crippen LogP contribution in [0.25, 0.3) is 0 Å². The Bertz CT molecular complexity index is 558. The number of anilines is 1. The molecule has 2 rings (SSSR count). The van der Waals surface area contributed by atoms with Crippen LogP contribution in [0, 0.1) is 3.57 Å². The molecule has 19 heavy (non-hydrogen) atoms. The number of benzene rings is 1. The first kappa shape index (κ1) is 14.3. The van der Waals surface area contributed by atoms with E-state index in [-0.39, 0.29) is 12.5 Å². The molecule has 0 aliphatic heterocycles. The zero-order valence-corrected chi connectivity index (χ0v) is 13.5. The van der Waals surface area contributed by atoms with E-state index in [4.69, 9.17) is 4.74 Å². The van der Waals surface area contributed by atoms with Crippen LogP contribution >= 0.6 is 38.5 Å². The number of hydrogen-bond donors (Lipinski definition) is 1. The summed E-state index contributed by atoms with van der Waals surface area (Å²) < 4.78 is 7.35. The van der Waals surface area contributed by atoms with Crippen LogP contribution in [0.3, 0.4) is 0 Å². The molecular weight excluding hydrogens is 423 g/mol. The van der Waals surface area contributed by atoms with E-state index in [1.54, 1.807) is 12.3 Å². The molecule has 0 aliphatic rings. The Morgan fingerprint density at radius 3 is 2.63 bits per heavy atom. The van der Waals surface area contributed by atoms with E-state index >= 15 is 0 Å². The maximum Gasteiger partial charge on any atom is 0.263 e. The Morgan fingerprint density at radius 1 is 1.26 bits per heavy atom. The number of carbonyl (C=O) groups is 1. The molecule has 1 amide bonds. The highest BCUT2D eigenvalue weighted by atomic mass is 127. The van der Waals surface area contributed by atoms with E-state index in [1.165, 1.54) is 0 Å². The second-order valence-corrected chi connectivity index (χ2v) is 5.81. The zero-order chi connectivity index (χ0) is 13.7. The predicted molar refractivity (Wildman–Crippen MR) is 85.2 cm³/mol. The summed E-state index contributed by atoms with van der Waals surface area (Å²) >= 11 is 5.49. The molecule has 4 nitrogen and oxygen atoms in total. The Balaban J connectivity index is 1.84. The quantitative estimate of drug-likeness (QED) is 0.752. The molecule has 1 aromatic heterocycles. The molecule has 0 fully saturated rings. The molecule has 0 atom stereocenters. The minimum absolute atomic E-state index is 0.0433. The molecule has 0 spiro atoms. The highest BCUT2D eigenvalue weighted by Crippen LogP contribution is 2.14. The Labute approximate surface area is 132 Å². The van der Waals surface area contributed by atoms with E-state index in [1.807, 2.05) is 30.3 Å². The third kappa shape index (κ3) is 4.79. The molecule has 2 aromatic rings. The highest BCUT2D eigenvalue weighted by molar-refractivity contribution is 14.1. The van der Waals surface area contributed by atoms with Crippen molar-refractivity contribution in [3.05, 3.63) is 50.6 Å². The summed E-state index contributed by atoms with van der Waals surface area (Å²) in [6.45, 7) is -0.0433. The number of nitrogens with one attached hydrogen (secondary N) is 1. The molecule has 0 unspecified atom stereocenters. The summed E-state index contributed by atoms with van der Waals surface area (Å²) in [5, 5.41) is 2.65. The van der Waals surface area contributed by atoms with Crippen molar-refractivity contribution in [1.29, 1.82) is 0 Å². The van der Waals surface area contributed by atoms with Crippen LogP contribution in [0.5, 0.6) is 5.75 Å². The average Bonchev–Trinajstić information content (AvgIpc) is 2.41. The minimum Gasteiger partial charge on any atom is -0.484 e. The number of nitrogens with zero attached hydrogens (tertiary/aromatic N) is 1. The monoisotopic (exact) mass is 432 g/mol. The van der Waals surface area contributed by atoms with Crippen LogP contribution in [-0.2, 0) is 4.79 Å². The third-order valence-corrected chi connectivity index (χ3v) is 3.37. The first-order chi connectivity index (χ1) is 9.13. The Kier molecular flexibility index (Phi) is 5.15. The average molecular weight is 433 g/mol. The second kappa shape index (κ2) is 6.85. The number of aromatic nitrogens is 1. The van der Waals surface area contributed by atoms with Crippen LogP contribution < -0.4 is 10.1 Å². The van der Waals surface area contributed by atoms with E-state index in [0.29, 0.717) is 11.6 Å². The first-order valence-corrected chi connectivity index (χ1v) is 7.30. The van der Waals surface area contributed by atoms with Gasteiger partial charge in [-0.15, -0.1) is 0 Å². The van der Waals surface area contributed by atoms with Gasteiger partial charge in [-0.05, 0) is 74.9 Å². The predicted octanol–water partition coefficient (Wildman–Crippen LogP) is 3.47. The van der Waals surface area contributed by atoms with Crippen LogP contribution in [0.2, 0.25) is 0 Å². The van der Waals surface area contributed by atoms with Crippen molar-refractivity contribution in [2.45, 2.75) is 0 Å². The molecule has 0 bridgehead atoms. The van der Waals surface area contributed by atoms with Gasteiger partial charge >= 0.3 is 0 Å². The molecule has 6 heteroatoms. The normalized spacial score (nSPS) is 10.0. The summed E-state index contributed by atoms with van der Waals surface area (Å²) in [5.41, 5.74) is 0. The number of halogens is 2. The fourth-order valence-corrected chi connectivity index (χ4v) is 1.90. The minimum atomic E-state index is -0.242. The van der Waals surface area contributed by atoms with E-state index in [2.05, 4.69) is 48.8 Å². The van der Waals surface area contributed by atoms with Gasteiger partial charge in [-0.3, -0.25) is 4.79 Å². The fraction of sp³-hybridized carbons (Fsp3) is 0.0769. The van der Waals surface area contributed by atoms with Gasteiger partial charge in [0, 0.05) is 14.2 Å². The lowest BCUT2D eigenvalue weighted by Gasteiger charge is -2.07. The van der Waals surface area contributed by atoms with Gasteiger partial charge < -0.3 is 10.1 Å². The number of rotatable bonds is 4. The van der Waals surface area contributed by atoms with Gasteiger partial charge in [0.05, 0.1) is 0 Å². The number of pyridine rings is 1. The van der Waals surface area contributed by atoms with Crippen molar-refractivity contribution in [3.63, 3.8) is 0 Å². The topological polar surface area (TPSA) is 51.2 Å². The van der Waals surface area contributed by atoms with Crippen molar-refractivity contribution >= 4 is 50.2 Å². The summed E-state index contributed by atoms with van der Waals surface area (Å²) in [5.74, 6) is 0.923. The van der Waals surface area contributed by atoms with Crippen molar-refractivity contribution in [2.75, 3.05) is 11.9 Å². The van der Waals surface area contributed by atoms with Gasteiger partial charge in [-0.2, -0.15) is 0 Å². The number of hydrogen-bond acceptors (Lipinski definition) is 3. The van der Waals surface area contributed by atoms with Gasteiger partial charge in [-0.25, -0.2) is 4.98 Å². The SMILES string of the molecule is O=C(COc1ccc(I)cc1)Nc1ccc(Br)cn1. The molecule has 0 radical (unpaired) electrons. The maximum atomic E-state index is 11.6. The second-order valence-electron chi connectivity index (χ2n) is 3.65. The lowest BCUT2D eigenvalue weighted by atomic mass is 10.3. The van der Waals surface area contributed by atoms with Crippen molar-refractivity contribution < 1.29 is 9.53 Å². The molecule has 0 saturated heterocycles. The zero-order valence-electron chi connectivity index (χ0n) is 9.77. The summed E-state index contributed by atoms with van der Waals surface area (Å²) in [6.07, 6.45) is 1.62. The van der Waals surface area contributed by atoms with Crippen LogP contribution in [-0.4, -0.2) is 17.5 Å².